The van der Waals surface area contributed by atoms with Crippen LogP contribution in [-0.4, -0.2) is 29.7 Å². The first-order valence-corrected chi connectivity index (χ1v) is 3.05. The maximum Gasteiger partial charge on any atom is 0.320 e. The van der Waals surface area contributed by atoms with E-state index < -0.39 is 18.0 Å². The molecule has 2 amide bonds. The fourth-order valence-corrected chi connectivity index (χ4v) is 0.474. The van der Waals surface area contributed by atoms with E-state index in [0.717, 1.165) is 0 Å². The van der Waals surface area contributed by atoms with E-state index in [9.17, 15) is 9.59 Å². The highest BCUT2D eigenvalue weighted by atomic mass is 16.4. The van der Waals surface area contributed by atoms with Crippen LogP contribution in [0.2, 0.25) is 0 Å². The van der Waals surface area contributed by atoms with Gasteiger partial charge in [-0.2, -0.15) is 0 Å². The molecule has 0 saturated heterocycles. The number of hydrogen-bond acceptors (Lipinski definition) is 3. The second-order valence-electron chi connectivity index (χ2n) is 2.02. The topological polar surface area (TPSA) is 118 Å². The fourth-order valence-electron chi connectivity index (χ4n) is 0.474. The van der Waals surface area contributed by atoms with E-state index in [1.54, 1.807) is 0 Å². The van der Waals surface area contributed by atoms with E-state index in [-0.39, 0.29) is 13.0 Å². The van der Waals surface area contributed by atoms with Crippen molar-refractivity contribution in [1.29, 1.82) is 0 Å². The number of amides is 2. The molecule has 1 atom stereocenters. The quantitative estimate of drug-likeness (QED) is 0.399. The van der Waals surface area contributed by atoms with Crippen LogP contribution in [0.25, 0.3) is 0 Å². The van der Waals surface area contributed by atoms with Gasteiger partial charge in [0.25, 0.3) is 0 Å². The molecule has 0 aromatic carbocycles. The summed E-state index contributed by atoms with van der Waals surface area (Å²) >= 11 is 0. The van der Waals surface area contributed by atoms with Gasteiger partial charge in [0, 0.05) is 6.54 Å². The van der Waals surface area contributed by atoms with Gasteiger partial charge in [0.2, 0.25) is 0 Å². The molecule has 0 bridgehead atoms. The minimum atomic E-state index is -1.09. The summed E-state index contributed by atoms with van der Waals surface area (Å²) in [5, 5.41) is 10.5. The number of carbonyl (C=O) groups is 2. The number of aliphatic carboxylic acids is 1. The average Bonchev–Trinajstić information content (AvgIpc) is 1.86. The molecule has 0 heterocycles. The van der Waals surface area contributed by atoms with Gasteiger partial charge in [0.05, 0.1) is 0 Å². The number of urea groups is 1. The highest BCUT2D eigenvalue weighted by Crippen LogP contribution is 1.84. The smallest absolute Gasteiger partial charge is 0.320 e. The molecule has 0 fully saturated rings. The van der Waals surface area contributed by atoms with E-state index in [0.29, 0.717) is 0 Å². The third-order valence-corrected chi connectivity index (χ3v) is 1.07. The third kappa shape index (κ3) is 5.16. The van der Waals surface area contributed by atoms with Gasteiger partial charge in [-0.3, -0.25) is 4.79 Å². The monoisotopic (exact) mass is 161 g/mol. The molecule has 0 rings (SSSR count). The predicted molar refractivity (Wildman–Crippen MR) is 37.8 cm³/mol. The van der Waals surface area contributed by atoms with Crippen LogP contribution in [0.3, 0.4) is 0 Å². The molecule has 0 radical (unpaired) electrons. The average molecular weight is 161 g/mol. The molecule has 0 aliphatic heterocycles. The molecule has 0 aliphatic rings. The largest absolute Gasteiger partial charge is 0.480 e. The molecule has 6 heteroatoms. The number of primary amides is 1. The van der Waals surface area contributed by atoms with Gasteiger partial charge < -0.3 is 21.9 Å². The first-order chi connectivity index (χ1) is 5.04. The second kappa shape index (κ2) is 4.51. The number of carboxylic acid groups (broad SMARTS) is 1. The highest BCUT2D eigenvalue weighted by Gasteiger charge is 2.10. The normalized spacial score (nSPS) is 12.1. The number of rotatable bonds is 4. The Morgan fingerprint density at radius 2 is 2.09 bits per heavy atom. The number of nitrogens with two attached hydrogens (primary N) is 2. The fraction of sp³-hybridized carbons (Fsp3) is 0.600. The zero-order chi connectivity index (χ0) is 8.85. The van der Waals surface area contributed by atoms with Crippen LogP contribution in [-0.2, 0) is 4.79 Å². The van der Waals surface area contributed by atoms with Crippen molar-refractivity contribution >= 4 is 12.0 Å². The van der Waals surface area contributed by atoms with Crippen molar-refractivity contribution in [3.63, 3.8) is 0 Å². The maximum atomic E-state index is 10.1. The summed E-state index contributed by atoms with van der Waals surface area (Å²) < 4.78 is 0. The van der Waals surface area contributed by atoms with Crippen LogP contribution in [0, 0.1) is 0 Å². The maximum absolute atomic E-state index is 10.1. The molecule has 6 nitrogen and oxygen atoms in total. The summed E-state index contributed by atoms with van der Waals surface area (Å²) in [4.78, 5) is 20.2. The molecule has 11 heavy (non-hydrogen) atoms. The van der Waals surface area contributed by atoms with Crippen molar-refractivity contribution in [2.45, 2.75) is 12.5 Å². The Balaban J connectivity index is 3.39. The molecule has 0 aliphatic carbocycles. The first-order valence-electron chi connectivity index (χ1n) is 3.05. The molecular weight excluding hydrogens is 150 g/mol. The number of hydrogen-bond donors (Lipinski definition) is 4. The van der Waals surface area contributed by atoms with Crippen LogP contribution in [0.1, 0.15) is 6.42 Å². The Hall–Kier alpha value is -1.30. The Morgan fingerprint density at radius 3 is 2.45 bits per heavy atom. The molecular formula is C5H11N3O3. The number of carboxylic acids is 1. The van der Waals surface area contributed by atoms with Crippen molar-refractivity contribution in [2.75, 3.05) is 6.54 Å². The van der Waals surface area contributed by atoms with Crippen molar-refractivity contribution in [3.8, 4) is 0 Å². The van der Waals surface area contributed by atoms with Crippen molar-refractivity contribution in [2.24, 2.45) is 11.5 Å². The molecule has 6 N–H and O–H groups in total. The minimum Gasteiger partial charge on any atom is -0.480 e. The summed E-state index contributed by atoms with van der Waals surface area (Å²) in [5.74, 6) is -1.09. The van der Waals surface area contributed by atoms with E-state index in [2.05, 4.69) is 5.32 Å². The molecule has 0 aromatic heterocycles. The summed E-state index contributed by atoms with van der Waals surface area (Å²) in [6.45, 7) is 0.183. The van der Waals surface area contributed by atoms with Gasteiger partial charge in [0.1, 0.15) is 6.04 Å². The number of carbonyl (C=O) groups excluding carboxylic acids is 1. The summed E-state index contributed by atoms with van der Waals surface area (Å²) in [5.41, 5.74) is 9.83. The first kappa shape index (κ1) is 9.70. The van der Waals surface area contributed by atoms with E-state index in [1.807, 2.05) is 0 Å². The lowest BCUT2D eigenvalue weighted by molar-refractivity contribution is -0.138. The van der Waals surface area contributed by atoms with Gasteiger partial charge in [-0.25, -0.2) is 4.79 Å². The zero-order valence-electron chi connectivity index (χ0n) is 5.91. The van der Waals surface area contributed by atoms with Gasteiger partial charge in [-0.1, -0.05) is 0 Å². The van der Waals surface area contributed by atoms with Crippen molar-refractivity contribution in [1.82, 2.24) is 5.32 Å². The van der Waals surface area contributed by atoms with Crippen molar-refractivity contribution in [3.05, 3.63) is 0 Å². The Kier molecular flexibility index (Phi) is 3.97. The van der Waals surface area contributed by atoms with E-state index >= 15 is 0 Å². The third-order valence-electron chi connectivity index (χ3n) is 1.07. The van der Waals surface area contributed by atoms with Crippen LogP contribution in [0.5, 0.6) is 0 Å². The van der Waals surface area contributed by atoms with Crippen LogP contribution in [0.15, 0.2) is 0 Å². The lowest BCUT2D eigenvalue weighted by Gasteiger charge is -2.05. The predicted octanol–water partition coefficient (Wildman–Crippen LogP) is -1.54. The molecule has 0 aromatic rings. The summed E-state index contributed by atoms with van der Waals surface area (Å²) in [6.07, 6.45) is 0.179. The van der Waals surface area contributed by atoms with Crippen molar-refractivity contribution < 1.29 is 14.7 Å². The molecule has 0 spiro atoms. The number of nitrogens with one attached hydrogen (secondary N) is 1. The van der Waals surface area contributed by atoms with Crippen LogP contribution in [0.4, 0.5) is 4.79 Å². The SMILES string of the molecule is NC(=O)NCCC(N)C(=O)O. The standard InChI is InChI=1S/C5H11N3O3/c6-3(4(9)10)1-2-8-5(7)11/h3H,1-2,6H2,(H,9,10)(H3,7,8,11). The summed E-state index contributed by atoms with van der Waals surface area (Å²) in [7, 11) is 0. The molecule has 64 valence electrons. The second-order valence-corrected chi connectivity index (χ2v) is 2.02. The molecule has 1 unspecified atom stereocenters. The summed E-state index contributed by atoms with van der Waals surface area (Å²) in [6, 6.07) is -1.62. The zero-order valence-corrected chi connectivity index (χ0v) is 5.91. The minimum absolute atomic E-state index is 0.179. The Morgan fingerprint density at radius 1 is 1.55 bits per heavy atom. The van der Waals surface area contributed by atoms with Crippen LogP contribution < -0.4 is 16.8 Å². The van der Waals surface area contributed by atoms with Gasteiger partial charge in [0.15, 0.2) is 0 Å². The lowest BCUT2D eigenvalue weighted by atomic mass is 10.2. The lowest BCUT2D eigenvalue weighted by Crippen LogP contribution is -2.37. The van der Waals surface area contributed by atoms with Crippen LogP contribution >= 0.6 is 0 Å². The van der Waals surface area contributed by atoms with Gasteiger partial charge >= 0.3 is 12.0 Å². The Bertz CT molecular complexity index is 159. The van der Waals surface area contributed by atoms with Gasteiger partial charge in [-0.15, -0.1) is 0 Å². The van der Waals surface area contributed by atoms with E-state index in [1.165, 1.54) is 0 Å². The van der Waals surface area contributed by atoms with E-state index in [4.69, 9.17) is 16.6 Å². The van der Waals surface area contributed by atoms with Gasteiger partial charge in [-0.05, 0) is 6.42 Å². The Labute approximate surface area is 63.5 Å². The highest BCUT2D eigenvalue weighted by molar-refractivity contribution is 5.73. The molecule has 0 saturated carbocycles.